The Hall–Kier alpha value is -3.02. The van der Waals surface area contributed by atoms with Gasteiger partial charge in [0.05, 0.1) is 6.26 Å². The van der Waals surface area contributed by atoms with Crippen LogP contribution in [-0.4, -0.2) is 36.3 Å². The molecule has 1 aromatic heterocycles. The fourth-order valence-corrected chi connectivity index (χ4v) is 3.47. The normalized spacial score (nSPS) is 16.5. The molecule has 4 rings (SSSR count). The summed E-state index contributed by atoms with van der Waals surface area (Å²) < 4.78 is 17.1. The molecule has 0 fully saturated rings. The van der Waals surface area contributed by atoms with Crippen LogP contribution in [0.15, 0.2) is 77.4 Å². The number of fused-ring (bicyclic) bond motifs is 1. The predicted molar refractivity (Wildman–Crippen MR) is 116 cm³/mol. The lowest BCUT2D eigenvalue weighted by Gasteiger charge is -2.25. The van der Waals surface area contributed by atoms with Crippen LogP contribution in [0.5, 0.6) is 11.5 Å². The molecule has 1 aliphatic rings. The minimum Gasteiger partial charge on any atom is -0.492 e. The predicted octanol–water partition coefficient (Wildman–Crippen LogP) is 4.47. The van der Waals surface area contributed by atoms with Crippen molar-refractivity contribution in [2.45, 2.75) is 19.1 Å². The molecule has 0 saturated carbocycles. The molecular formula is C25H27NO4. The third-order valence-corrected chi connectivity index (χ3v) is 5.19. The second kappa shape index (κ2) is 9.20. The summed E-state index contributed by atoms with van der Waals surface area (Å²) in [4.78, 5) is 2.31. The van der Waals surface area contributed by atoms with Gasteiger partial charge in [0.25, 0.3) is 0 Å². The fourth-order valence-electron chi connectivity index (χ4n) is 3.47. The third kappa shape index (κ3) is 5.12. The van der Waals surface area contributed by atoms with Crippen molar-refractivity contribution in [1.82, 2.24) is 4.90 Å². The Balaban J connectivity index is 1.44. The first-order chi connectivity index (χ1) is 14.6. The second-order valence-corrected chi connectivity index (χ2v) is 7.70. The van der Waals surface area contributed by atoms with Crippen molar-refractivity contribution in [2.24, 2.45) is 0 Å². The van der Waals surface area contributed by atoms with E-state index in [2.05, 4.69) is 11.0 Å². The standard InChI is InChI=1S/C25H27NO4/c1-25(27,19-30-23-7-3-2-4-8-23)21-11-12-24-20(17-21)18-26(14-16-29-24)13-5-9-22-10-6-15-28-22/h2-12,15,17,27H,13-14,16,18-19H2,1H3/b9-5+. The zero-order valence-electron chi connectivity index (χ0n) is 17.2. The number of nitrogens with zero attached hydrogens (tertiary/aromatic N) is 1. The molecular weight excluding hydrogens is 378 g/mol. The first-order valence-electron chi connectivity index (χ1n) is 10.2. The van der Waals surface area contributed by atoms with Crippen molar-refractivity contribution in [2.75, 3.05) is 26.3 Å². The summed E-state index contributed by atoms with van der Waals surface area (Å²) in [5.41, 5.74) is 0.770. The average molecular weight is 405 g/mol. The lowest BCUT2D eigenvalue weighted by Crippen LogP contribution is -2.30. The lowest BCUT2D eigenvalue weighted by molar-refractivity contribution is 0.00748. The number of benzene rings is 2. The van der Waals surface area contributed by atoms with Crippen molar-refractivity contribution < 1.29 is 19.0 Å². The Morgan fingerprint density at radius 1 is 1.13 bits per heavy atom. The molecule has 0 bridgehead atoms. The van der Waals surface area contributed by atoms with Crippen LogP contribution in [-0.2, 0) is 12.1 Å². The van der Waals surface area contributed by atoms with Crippen LogP contribution in [0.4, 0.5) is 0 Å². The zero-order valence-corrected chi connectivity index (χ0v) is 17.2. The zero-order chi connectivity index (χ0) is 20.8. The Labute approximate surface area is 177 Å². The first-order valence-corrected chi connectivity index (χ1v) is 10.2. The monoisotopic (exact) mass is 405 g/mol. The van der Waals surface area contributed by atoms with Gasteiger partial charge in [0.15, 0.2) is 0 Å². The molecule has 5 nitrogen and oxygen atoms in total. The molecule has 2 aromatic carbocycles. The molecule has 0 radical (unpaired) electrons. The van der Waals surface area contributed by atoms with Gasteiger partial charge in [-0.2, -0.15) is 0 Å². The van der Waals surface area contributed by atoms with E-state index in [-0.39, 0.29) is 6.61 Å². The third-order valence-electron chi connectivity index (χ3n) is 5.19. The quantitative estimate of drug-likeness (QED) is 0.628. The molecule has 2 heterocycles. The summed E-state index contributed by atoms with van der Waals surface area (Å²) in [5.74, 6) is 2.46. The number of ether oxygens (including phenoxy) is 2. The van der Waals surface area contributed by atoms with Crippen LogP contribution in [0.25, 0.3) is 6.08 Å². The van der Waals surface area contributed by atoms with Crippen LogP contribution in [0.3, 0.4) is 0 Å². The van der Waals surface area contributed by atoms with Gasteiger partial charge in [-0.3, -0.25) is 4.90 Å². The molecule has 5 heteroatoms. The minimum atomic E-state index is -1.11. The van der Waals surface area contributed by atoms with Crippen LogP contribution >= 0.6 is 0 Å². The topological polar surface area (TPSA) is 55.1 Å². The van der Waals surface area contributed by atoms with E-state index in [9.17, 15) is 5.11 Å². The van der Waals surface area contributed by atoms with Gasteiger partial charge in [0.2, 0.25) is 0 Å². The fraction of sp³-hybridized carbons (Fsp3) is 0.280. The van der Waals surface area contributed by atoms with Gasteiger partial charge in [0.1, 0.15) is 36.1 Å². The van der Waals surface area contributed by atoms with Crippen molar-refractivity contribution in [1.29, 1.82) is 0 Å². The summed E-state index contributed by atoms with van der Waals surface area (Å²) in [7, 11) is 0. The van der Waals surface area contributed by atoms with Gasteiger partial charge >= 0.3 is 0 Å². The van der Waals surface area contributed by atoms with E-state index in [1.165, 1.54) is 0 Å². The maximum Gasteiger partial charge on any atom is 0.126 e. The summed E-state index contributed by atoms with van der Waals surface area (Å²) in [6.07, 6.45) is 5.75. The molecule has 0 saturated heterocycles. The van der Waals surface area contributed by atoms with Gasteiger partial charge in [-0.05, 0) is 55.0 Å². The largest absolute Gasteiger partial charge is 0.492 e. The molecule has 156 valence electrons. The molecule has 1 unspecified atom stereocenters. The van der Waals surface area contributed by atoms with E-state index in [1.54, 1.807) is 13.2 Å². The number of furan rings is 1. The molecule has 0 aliphatic carbocycles. The highest BCUT2D eigenvalue weighted by molar-refractivity contribution is 5.43. The second-order valence-electron chi connectivity index (χ2n) is 7.70. The Morgan fingerprint density at radius 3 is 2.80 bits per heavy atom. The van der Waals surface area contributed by atoms with E-state index in [0.29, 0.717) is 6.61 Å². The highest BCUT2D eigenvalue weighted by atomic mass is 16.5. The van der Waals surface area contributed by atoms with E-state index in [0.717, 1.165) is 48.0 Å². The van der Waals surface area contributed by atoms with Gasteiger partial charge in [-0.15, -0.1) is 0 Å². The lowest BCUT2D eigenvalue weighted by atomic mass is 9.94. The average Bonchev–Trinajstić information content (AvgIpc) is 3.19. The van der Waals surface area contributed by atoms with Gasteiger partial charge in [-0.1, -0.05) is 30.3 Å². The molecule has 30 heavy (non-hydrogen) atoms. The van der Waals surface area contributed by atoms with Crippen molar-refractivity contribution in [3.05, 3.63) is 89.9 Å². The van der Waals surface area contributed by atoms with Crippen LogP contribution in [0.1, 0.15) is 23.8 Å². The number of hydrogen-bond acceptors (Lipinski definition) is 5. The Bertz CT molecular complexity index is 964. The smallest absolute Gasteiger partial charge is 0.126 e. The first kappa shape index (κ1) is 20.3. The van der Waals surface area contributed by atoms with E-state index in [4.69, 9.17) is 13.9 Å². The highest BCUT2D eigenvalue weighted by Gasteiger charge is 2.26. The van der Waals surface area contributed by atoms with E-state index < -0.39 is 5.60 Å². The maximum atomic E-state index is 11.0. The Morgan fingerprint density at radius 2 is 2.00 bits per heavy atom. The molecule has 1 atom stereocenters. The van der Waals surface area contributed by atoms with Gasteiger partial charge in [0, 0.05) is 25.2 Å². The SMILES string of the molecule is CC(O)(COc1ccccc1)c1ccc2c(c1)CN(C/C=C/c1ccco1)CCO2. The highest BCUT2D eigenvalue weighted by Crippen LogP contribution is 2.30. The Kier molecular flexibility index (Phi) is 6.21. The minimum absolute atomic E-state index is 0.173. The number of hydrogen-bond donors (Lipinski definition) is 1. The van der Waals surface area contributed by atoms with Gasteiger partial charge in [-0.25, -0.2) is 0 Å². The molecule has 0 spiro atoms. The van der Waals surface area contributed by atoms with E-state index >= 15 is 0 Å². The van der Waals surface area contributed by atoms with Crippen LogP contribution < -0.4 is 9.47 Å². The number of aliphatic hydroxyl groups is 1. The molecule has 1 aliphatic heterocycles. The van der Waals surface area contributed by atoms with Crippen molar-refractivity contribution in [3.8, 4) is 11.5 Å². The van der Waals surface area contributed by atoms with E-state index in [1.807, 2.05) is 66.7 Å². The van der Waals surface area contributed by atoms with Gasteiger partial charge < -0.3 is 19.0 Å². The summed E-state index contributed by atoms with van der Waals surface area (Å²) >= 11 is 0. The summed E-state index contributed by atoms with van der Waals surface area (Å²) in [6.45, 7) is 4.96. The molecule has 0 amide bonds. The van der Waals surface area contributed by atoms with Crippen LogP contribution in [0.2, 0.25) is 0 Å². The summed E-state index contributed by atoms with van der Waals surface area (Å²) in [5, 5.41) is 11.0. The molecule has 3 aromatic rings. The van der Waals surface area contributed by atoms with Crippen molar-refractivity contribution >= 4 is 6.08 Å². The maximum absolute atomic E-state index is 11.0. The number of para-hydroxylation sites is 1. The summed E-state index contributed by atoms with van der Waals surface area (Å²) in [6, 6.07) is 19.2. The molecule has 1 N–H and O–H groups in total. The van der Waals surface area contributed by atoms with Crippen molar-refractivity contribution in [3.63, 3.8) is 0 Å². The van der Waals surface area contributed by atoms with Crippen LogP contribution in [0, 0.1) is 0 Å². The number of rotatable bonds is 7.